The Hall–Kier alpha value is -3.16. The molecule has 0 unspecified atom stereocenters. The maximum Gasteiger partial charge on any atom is 0.266 e. The van der Waals surface area contributed by atoms with Gasteiger partial charge in [-0.2, -0.15) is 5.10 Å². The summed E-state index contributed by atoms with van der Waals surface area (Å²) in [5.41, 5.74) is 4.65. The van der Waals surface area contributed by atoms with E-state index in [0.29, 0.717) is 22.4 Å². The van der Waals surface area contributed by atoms with Crippen molar-refractivity contribution in [1.82, 2.24) is 14.7 Å². The molecule has 5 nitrogen and oxygen atoms in total. The second-order valence-electron chi connectivity index (χ2n) is 9.04. The first kappa shape index (κ1) is 26.9. The van der Waals surface area contributed by atoms with E-state index in [1.165, 1.54) is 31.0 Å². The van der Waals surface area contributed by atoms with E-state index in [4.69, 9.17) is 22.1 Å². The number of para-hydroxylation sites is 1. The second-order valence-corrected chi connectivity index (χ2v) is 10.7. The molecule has 1 aromatic heterocycles. The van der Waals surface area contributed by atoms with Gasteiger partial charge in [-0.25, -0.2) is 4.68 Å². The van der Waals surface area contributed by atoms with Gasteiger partial charge in [-0.1, -0.05) is 87.4 Å². The number of carbonyl (C=O) groups excluding carboxylic acids is 1. The van der Waals surface area contributed by atoms with Gasteiger partial charge in [0.15, 0.2) is 0 Å². The highest BCUT2D eigenvalue weighted by Gasteiger charge is 2.32. The number of hydrogen-bond acceptors (Lipinski definition) is 5. The van der Waals surface area contributed by atoms with Gasteiger partial charge in [0.25, 0.3) is 5.91 Å². The minimum Gasteiger partial charge on any atom is -0.490 e. The Balaban J connectivity index is 1.65. The first-order valence-corrected chi connectivity index (χ1v) is 14.0. The molecule has 0 N–H and O–H groups in total. The van der Waals surface area contributed by atoms with Crippen LogP contribution in [-0.2, 0) is 4.79 Å². The van der Waals surface area contributed by atoms with E-state index in [1.807, 2.05) is 72.4 Å². The summed E-state index contributed by atoms with van der Waals surface area (Å²) in [7, 11) is 0. The van der Waals surface area contributed by atoms with E-state index in [1.54, 1.807) is 11.0 Å². The number of carbonyl (C=O) groups is 1. The second kappa shape index (κ2) is 12.9. The lowest BCUT2D eigenvalue weighted by molar-refractivity contribution is -0.122. The van der Waals surface area contributed by atoms with Gasteiger partial charge >= 0.3 is 0 Å². The molecule has 2 heterocycles. The van der Waals surface area contributed by atoms with Gasteiger partial charge in [0.2, 0.25) is 0 Å². The SMILES string of the molecule is C=CCOc1ccc(-c2nn(-c3ccccc3)cc2/C=C2\SC(=S)N(CCCCCCC)C2=O)c(C)c1. The largest absolute Gasteiger partial charge is 0.490 e. The van der Waals surface area contributed by atoms with Crippen LogP contribution in [0.5, 0.6) is 5.75 Å². The molecule has 2 aromatic carbocycles. The average Bonchev–Trinajstić information content (AvgIpc) is 3.43. The van der Waals surface area contributed by atoms with Crippen molar-refractivity contribution < 1.29 is 9.53 Å². The minimum atomic E-state index is -0.0196. The Bertz CT molecular complexity index is 1300. The fourth-order valence-electron chi connectivity index (χ4n) is 4.27. The van der Waals surface area contributed by atoms with Crippen molar-refractivity contribution in [2.75, 3.05) is 13.2 Å². The van der Waals surface area contributed by atoms with Crippen LogP contribution in [0, 0.1) is 6.92 Å². The van der Waals surface area contributed by atoms with Gasteiger partial charge in [-0.05, 0) is 55.3 Å². The molecule has 1 aliphatic rings. The third-order valence-corrected chi connectivity index (χ3v) is 7.61. The Labute approximate surface area is 229 Å². The van der Waals surface area contributed by atoms with Crippen LogP contribution in [0.4, 0.5) is 0 Å². The number of benzene rings is 2. The van der Waals surface area contributed by atoms with Crippen LogP contribution in [-0.4, -0.2) is 38.1 Å². The zero-order valence-electron chi connectivity index (χ0n) is 21.5. The van der Waals surface area contributed by atoms with E-state index in [2.05, 4.69) is 13.5 Å². The summed E-state index contributed by atoms with van der Waals surface area (Å²) in [4.78, 5) is 15.7. The van der Waals surface area contributed by atoms with Crippen LogP contribution in [0.3, 0.4) is 0 Å². The standard InChI is InChI=1S/C30H33N3O2S2/c1-4-6-7-8-12-17-32-29(34)27(37-30(32)36)20-23-21-33(24-13-10-9-11-14-24)31-28(23)26-16-15-25(19-22(26)3)35-18-5-2/h5,9-11,13-16,19-21H,2,4,6-8,12,17-18H2,1,3H3/b27-20-. The number of rotatable bonds is 12. The molecule has 4 rings (SSSR count). The first-order valence-electron chi connectivity index (χ1n) is 12.8. The summed E-state index contributed by atoms with van der Waals surface area (Å²) in [5, 5.41) is 4.93. The van der Waals surface area contributed by atoms with Gasteiger partial charge in [-0.15, -0.1) is 0 Å². The molecule has 1 aliphatic heterocycles. The van der Waals surface area contributed by atoms with E-state index in [-0.39, 0.29) is 5.91 Å². The summed E-state index contributed by atoms with van der Waals surface area (Å²) in [5.74, 6) is 0.763. The van der Waals surface area contributed by atoms with Crippen LogP contribution in [0.2, 0.25) is 0 Å². The molecule has 37 heavy (non-hydrogen) atoms. The molecule has 192 valence electrons. The Morgan fingerprint density at radius 3 is 2.62 bits per heavy atom. The number of thiocarbonyl (C=S) groups is 1. The number of thioether (sulfide) groups is 1. The van der Waals surface area contributed by atoms with Crippen LogP contribution in [0.1, 0.15) is 50.2 Å². The number of ether oxygens (including phenoxy) is 1. The zero-order valence-corrected chi connectivity index (χ0v) is 23.1. The van der Waals surface area contributed by atoms with Gasteiger partial charge in [0.1, 0.15) is 22.4 Å². The predicted molar refractivity (Wildman–Crippen MR) is 158 cm³/mol. The molecular weight excluding hydrogens is 498 g/mol. The van der Waals surface area contributed by atoms with Gasteiger partial charge in [0, 0.05) is 23.9 Å². The van der Waals surface area contributed by atoms with Crippen LogP contribution in [0.25, 0.3) is 23.0 Å². The van der Waals surface area contributed by atoms with Gasteiger partial charge in [-0.3, -0.25) is 9.69 Å². The average molecular weight is 532 g/mol. The molecule has 1 fully saturated rings. The fourth-order valence-corrected chi connectivity index (χ4v) is 5.57. The number of hydrogen-bond donors (Lipinski definition) is 0. The number of amides is 1. The van der Waals surface area contributed by atoms with Crippen molar-refractivity contribution in [3.8, 4) is 22.7 Å². The summed E-state index contributed by atoms with van der Waals surface area (Å²) in [6.07, 6.45) is 11.3. The molecule has 0 atom stereocenters. The molecule has 0 aliphatic carbocycles. The smallest absolute Gasteiger partial charge is 0.266 e. The van der Waals surface area contributed by atoms with Crippen molar-refractivity contribution in [2.24, 2.45) is 0 Å². The molecular formula is C30H33N3O2S2. The molecule has 0 saturated carbocycles. The zero-order chi connectivity index (χ0) is 26.2. The third kappa shape index (κ3) is 6.59. The topological polar surface area (TPSA) is 47.4 Å². The molecule has 1 saturated heterocycles. The summed E-state index contributed by atoms with van der Waals surface area (Å²) in [6.45, 7) is 9.08. The number of aromatic nitrogens is 2. The van der Waals surface area contributed by atoms with Crippen molar-refractivity contribution in [3.63, 3.8) is 0 Å². The third-order valence-electron chi connectivity index (χ3n) is 6.23. The summed E-state index contributed by atoms with van der Waals surface area (Å²) >= 11 is 6.95. The maximum atomic E-state index is 13.3. The lowest BCUT2D eigenvalue weighted by Gasteiger charge is -2.13. The van der Waals surface area contributed by atoms with Crippen LogP contribution >= 0.6 is 24.0 Å². The monoisotopic (exact) mass is 531 g/mol. The van der Waals surface area contributed by atoms with E-state index >= 15 is 0 Å². The summed E-state index contributed by atoms with van der Waals surface area (Å²) < 4.78 is 8.19. The van der Waals surface area contributed by atoms with Gasteiger partial charge in [0.05, 0.1) is 10.6 Å². The predicted octanol–water partition coefficient (Wildman–Crippen LogP) is 7.58. The lowest BCUT2D eigenvalue weighted by Crippen LogP contribution is -2.29. The molecule has 7 heteroatoms. The Morgan fingerprint density at radius 2 is 1.89 bits per heavy atom. The normalized spacial score (nSPS) is 14.5. The number of unbranched alkanes of at least 4 members (excludes halogenated alkanes) is 4. The molecule has 0 bridgehead atoms. The highest BCUT2D eigenvalue weighted by molar-refractivity contribution is 8.26. The van der Waals surface area contributed by atoms with E-state index < -0.39 is 0 Å². The quantitative estimate of drug-likeness (QED) is 0.104. The molecule has 0 radical (unpaired) electrons. The van der Waals surface area contributed by atoms with Crippen LogP contribution in [0.15, 0.2) is 72.3 Å². The molecule has 0 spiro atoms. The van der Waals surface area contributed by atoms with Crippen molar-refractivity contribution in [1.29, 1.82) is 0 Å². The first-order chi connectivity index (χ1) is 18.0. The Kier molecular flexibility index (Phi) is 9.36. The highest BCUT2D eigenvalue weighted by atomic mass is 32.2. The number of aryl methyl sites for hydroxylation is 1. The van der Waals surface area contributed by atoms with Gasteiger partial charge < -0.3 is 4.74 Å². The maximum absolute atomic E-state index is 13.3. The summed E-state index contributed by atoms with van der Waals surface area (Å²) in [6, 6.07) is 15.9. The van der Waals surface area contributed by atoms with Crippen molar-refractivity contribution in [2.45, 2.75) is 46.0 Å². The van der Waals surface area contributed by atoms with Crippen molar-refractivity contribution in [3.05, 3.63) is 83.4 Å². The Morgan fingerprint density at radius 1 is 1.11 bits per heavy atom. The van der Waals surface area contributed by atoms with E-state index in [9.17, 15) is 4.79 Å². The van der Waals surface area contributed by atoms with Crippen LogP contribution < -0.4 is 4.74 Å². The fraction of sp³-hybridized carbons (Fsp3) is 0.300. The van der Waals surface area contributed by atoms with E-state index in [0.717, 1.165) is 46.7 Å². The van der Waals surface area contributed by atoms with Crippen molar-refractivity contribution >= 4 is 40.3 Å². The lowest BCUT2D eigenvalue weighted by atomic mass is 10.0. The highest BCUT2D eigenvalue weighted by Crippen LogP contribution is 2.36. The minimum absolute atomic E-state index is 0.0196. The number of nitrogens with zero attached hydrogens (tertiary/aromatic N) is 3. The molecule has 3 aromatic rings. The molecule has 1 amide bonds.